The van der Waals surface area contributed by atoms with Crippen molar-refractivity contribution >= 4 is 5.91 Å². The summed E-state index contributed by atoms with van der Waals surface area (Å²) in [4.78, 5) is 14.0. The molecule has 5 heteroatoms. The largest absolute Gasteiger partial charge is 0.383 e. The summed E-state index contributed by atoms with van der Waals surface area (Å²) in [7, 11) is 3.76. The van der Waals surface area contributed by atoms with Crippen LogP contribution < -0.4 is 10.6 Å². The summed E-state index contributed by atoms with van der Waals surface area (Å²) in [6.45, 7) is 7.45. The van der Waals surface area contributed by atoms with Crippen molar-refractivity contribution in [3.05, 3.63) is 35.4 Å². The second kappa shape index (κ2) is 10.3. The zero-order chi connectivity index (χ0) is 16.4. The molecule has 0 heterocycles. The highest BCUT2D eigenvalue weighted by atomic mass is 16.5. The van der Waals surface area contributed by atoms with Crippen molar-refractivity contribution in [1.29, 1.82) is 0 Å². The number of carbonyl (C=O) groups excluding carboxylic acids is 1. The Balaban J connectivity index is 2.38. The van der Waals surface area contributed by atoms with E-state index in [1.54, 1.807) is 7.11 Å². The molecule has 5 nitrogen and oxygen atoms in total. The van der Waals surface area contributed by atoms with Crippen LogP contribution in [-0.4, -0.2) is 50.7 Å². The van der Waals surface area contributed by atoms with Crippen LogP contribution in [0.5, 0.6) is 0 Å². The van der Waals surface area contributed by atoms with Gasteiger partial charge in [0.15, 0.2) is 0 Å². The Bertz CT molecular complexity index is 449. The van der Waals surface area contributed by atoms with E-state index in [4.69, 9.17) is 4.74 Å². The molecule has 0 aliphatic rings. The van der Waals surface area contributed by atoms with E-state index in [0.717, 1.165) is 12.1 Å². The van der Waals surface area contributed by atoms with Gasteiger partial charge >= 0.3 is 0 Å². The molecule has 22 heavy (non-hydrogen) atoms. The van der Waals surface area contributed by atoms with Gasteiger partial charge in [0.25, 0.3) is 0 Å². The molecule has 0 aliphatic carbocycles. The molecule has 124 valence electrons. The molecule has 1 rings (SSSR count). The van der Waals surface area contributed by atoms with Crippen LogP contribution in [0.1, 0.15) is 25.0 Å². The van der Waals surface area contributed by atoms with E-state index in [2.05, 4.69) is 48.6 Å². The van der Waals surface area contributed by atoms with Crippen molar-refractivity contribution in [2.24, 2.45) is 0 Å². The van der Waals surface area contributed by atoms with Crippen LogP contribution in [0.3, 0.4) is 0 Å². The minimum absolute atomic E-state index is 0.000745. The Hall–Kier alpha value is -1.43. The molecule has 0 atom stereocenters. The lowest BCUT2D eigenvalue weighted by molar-refractivity contribution is -0.120. The van der Waals surface area contributed by atoms with Crippen LogP contribution in [0.2, 0.25) is 0 Å². The maximum atomic E-state index is 11.7. The average molecular weight is 307 g/mol. The molecule has 1 aromatic rings. The van der Waals surface area contributed by atoms with Crippen LogP contribution in [0, 0.1) is 0 Å². The first-order chi connectivity index (χ1) is 10.5. The number of hydrogen-bond donors (Lipinski definition) is 2. The number of amides is 1. The zero-order valence-electron chi connectivity index (χ0n) is 14.2. The molecule has 2 N–H and O–H groups in total. The Labute approximate surface area is 134 Å². The van der Waals surface area contributed by atoms with E-state index in [9.17, 15) is 4.79 Å². The van der Waals surface area contributed by atoms with Crippen LogP contribution in [-0.2, 0) is 22.6 Å². The van der Waals surface area contributed by atoms with E-state index in [1.807, 2.05) is 12.1 Å². The standard InChI is InChI=1S/C17H29N3O2/c1-14(2)20(3)13-16-7-5-6-15(10-16)11-19-17(21)12-18-8-9-22-4/h5-7,10,14,18H,8-9,11-13H2,1-4H3,(H,19,21). The van der Waals surface area contributed by atoms with Crippen LogP contribution in [0.4, 0.5) is 0 Å². The Morgan fingerprint density at radius 3 is 2.73 bits per heavy atom. The topological polar surface area (TPSA) is 53.6 Å². The molecular formula is C17H29N3O2. The average Bonchev–Trinajstić information content (AvgIpc) is 2.50. The smallest absolute Gasteiger partial charge is 0.234 e. The lowest BCUT2D eigenvalue weighted by atomic mass is 10.1. The molecule has 0 aliphatic heterocycles. The summed E-state index contributed by atoms with van der Waals surface area (Å²) in [6, 6.07) is 8.87. The first-order valence-electron chi connectivity index (χ1n) is 7.77. The number of nitrogens with one attached hydrogen (secondary N) is 2. The number of nitrogens with zero attached hydrogens (tertiary/aromatic N) is 1. The Morgan fingerprint density at radius 2 is 2.05 bits per heavy atom. The lowest BCUT2D eigenvalue weighted by Gasteiger charge is -2.21. The molecule has 0 fully saturated rings. The predicted molar refractivity (Wildman–Crippen MR) is 89.6 cm³/mol. The lowest BCUT2D eigenvalue weighted by Crippen LogP contribution is -2.34. The van der Waals surface area contributed by atoms with Gasteiger partial charge in [-0.25, -0.2) is 0 Å². The maximum absolute atomic E-state index is 11.7. The molecule has 0 saturated heterocycles. The van der Waals surface area contributed by atoms with Gasteiger partial charge in [-0.15, -0.1) is 0 Å². The normalized spacial score (nSPS) is 11.2. The maximum Gasteiger partial charge on any atom is 0.234 e. The van der Waals surface area contributed by atoms with Gasteiger partial charge < -0.3 is 15.4 Å². The van der Waals surface area contributed by atoms with E-state index in [-0.39, 0.29) is 5.91 Å². The van der Waals surface area contributed by atoms with Crippen LogP contribution >= 0.6 is 0 Å². The highest BCUT2D eigenvalue weighted by Gasteiger charge is 2.05. The molecule has 0 bridgehead atoms. The molecule has 0 spiro atoms. The van der Waals surface area contributed by atoms with Gasteiger partial charge in [0.1, 0.15) is 0 Å². The molecular weight excluding hydrogens is 278 g/mol. The fourth-order valence-corrected chi connectivity index (χ4v) is 1.95. The summed E-state index contributed by atoms with van der Waals surface area (Å²) >= 11 is 0. The number of hydrogen-bond acceptors (Lipinski definition) is 4. The van der Waals surface area contributed by atoms with Crippen molar-refractivity contribution in [3.8, 4) is 0 Å². The molecule has 0 unspecified atom stereocenters. The first kappa shape index (κ1) is 18.6. The van der Waals surface area contributed by atoms with Gasteiger partial charge in [-0.1, -0.05) is 24.3 Å². The van der Waals surface area contributed by atoms with Gasteiger partial charge in [-0.2, -0.15) is 0 Å². The first-order valence-corrected chi connectivity index (χ1v) is 7.77. The summed E-state index contributed by atoms with van der Waals surface area (Å²) in [5, 5.41) is 5.95. The summed E-state index contributed by atoms with van der Waals surface area (Å²) in [5.74, 6) is 0.000745. The fourth-order valence-electron chi connectivity index (χ4n) is 1.95. The SMILES string of the molecule is COCCNCC(=O)NCc1cccc(CN(C)C(C)C)c1. The van der Waals surface area contributed by atoms with Crippen molar-refractivity contribution in [1.82, 2.24) is 15.5 Å². The van der Waals surface area contributed by atoms with Gasteiger partial charge in [0, 0.05) is 32.8 Å². The van der Waals surface area contributed by atoms with E-state index in [0.29, 0.717) is 32.3 Å². The number of methoxy groups -OCH3 is 1. The molecule has 0 radical (unpaired) electrons. The third-order valence-corrected chi connectivity index (χ3v) is 3.56. The highest BCUT2D eigenvalue weighted by Crippen LogP contribution is 2.09. The third kappa shape index (κ3) is 7.54. The van der Waals surface area contributed by atoms with E-state index >= 15 is 0 Å². The quantitative estimate of drug-likeness (QED) is 0.641. The van der Waals surface area contributed by atoms with Gasteiger partial charge in [-0.3, -0.25) is 9.69 Å². The number of ether oxygens (including phenoxy) is 1. The highest BCUT2D eigenvalue weighted by molar-refractivity contribution is 5.77. The second-order valence-corrected chi connectivity index (χ2v) is 5.78. The van der Waals surface area contributed by atoms with E-state index < -0.39 is 0 Å². The summed E-state index contributed by atoms with van der Waals surface area (Å²) < 4.78 is 4.92. The van der Waals surface area contributed by atoms with E-state index in [1.165, 1.54) is 5.56 Å². The van der Waals surface area contributed by atoms with Gasteiger partial charge in [0.05, 0.1) is 13.2 Å². The zero-order valence-corrected chi connectivity index (χ0v) is 14.2. The molecule has 0 aromatic heterocycles. The summed E-state index contributed by atoms with van der Waals surface area (Å²) in [6.07, 6.45) is 0. The van der Waals surface area contributed by atoms with Crippen LogP contribution in [0.15, 0.2) is 24.3 Å². The van der Waals surface area contributed by atoms with Crippen molar-refractivity contribution < 1.29 is 9.53 Å². The minimum Gasteiger partial charge on any atom is -0.383 e. The molecule has 0 saturated carbocycles. The third-order valence-electron chi connectivity index (χ3n) is 3.56. The second-order valence-electron chi connectivity index (χ2n) is 5.78. The predicted octanol–water partition coefficient (Wildman–Crippen LogP) is 1.38. The fraction of sp³-hybridized carbons (Fsp3) is 0.588. The van der Waals surface area contributed by atoms with Gasteiger partial charge in [-0.05, 0) is 32.0 Å². The minimum atomic E-state index is 0.000745. The van der Waals surface area contributed by atoms with Gasteiger partial charge in [0.2, 0.25) is 5.91 Å². The number of rotatable bonds is 10. The summed E-state index contributed by atoms with van der Waals surface area (Å²) in [5.41, 5.74) is 2.39. The monoisotopic (exact) mass is 307 g/mol. The van der Waals surface area contributed by atoms with Crippen molar-refractivity contribution in [2.75, 3.05) is 33.9 Å². The molecule has 1 aromatic carbocycles. The number of carbonyl (C=O) groups is 1. The number of benzene rings is 1. The van der Waals surface area contributed by atoms with Crippen molar-refractivity contribution in [3.63, 3.8) is 0 Å². The molecule has 1 amide bonds. The Kier molecular flexibility index (Phi) is 8.74. The van der Waals surface area contributed by atoms with Crippen molar-refractivity contribution in [2.45, 2.75) is 33.0 Å². The Morgan fingerprint density at radius 1 is 1.32 bits per heavy atom. The van der Waals surface area contributed by atoms with Crippen LogP contribution in [0.25, 0.3) is 0 Å².